The van der Waals surface area contributed by atoms with Gasteiger partial charge in [-0.3, -0.25) is 4.79 Å². The Balaban J connectivity index is 1.64. The third kappa shape index (κ3) is 4.66. The number of nitrogens with one attached hydrogen (secondary N) is 1. The van der Waals surface area contributed by atoms with E-state index in [0.29, 0.717) is 0 Å². The highest BCUT2D eigenvalue weighted by Crippen LogP contribution is 2.36. The lowest BCUT2D eigenvalue weighted by Gasteiger charge is -2.07. The molecule has 1 heterocycles. The summed E-state index contributed by atoms with van der Waals surface area (Å²) in [5.74, 6) is -0.0541. The summed E-state index contributed by atoms with van der Waals surface area (Å²) in [5.41, 5.74) is 6.21. The third-order valence-electron chi connectivity index (χ3n) is 4.98. The van der Waals surface area contributed by atoms with Gasteiger partial charge in [0, 0.05) is 11.3 Å². The summed E-state index contributed by atoms with van der Waals surface area (Å²) in [6, 6.07) is 26.5. The Morgan fingerprint density at radius 2 is 1.70 bits per heavy atom. The van der Waals surface area contributed by atoms with Gasteiger partial charge in [0.1, 0.15) is 5.01 Å². The molecule has 0 aliphatic heterocycles. The van der Waals surface area contributed by atoms with Crippen LogP contribution >= 0.6 is 11.3 Å². The van der Waals surface area contributed by atoms with Gasteiger partial charge < -0.3 is 5.32 Å². The molecule has 150 valence electrons. The van der Waals surface area contributed by atoms with Crippen LogP contribution in [0, 0.1) is 6.92 Å². The van der Waals surface area contributed by atoms with E-state index in [0.717, 1.165) is 38.8 Å². The number of carbonyl (C=O) groups excluding carboxylic acids is 1. The Kier molecular flexibility index (Phi) is 6.05. The van der Waals surface area contributed by atoms with E-state index in [9.17, 15) is 4.79 Å². The number of anilines is 1. The zero-order chi connectivity index (χ0) is 20.9. The van der Waals surface area contributed by atoms with E-state index >= 15 is 0 Å². The van der Waals surface area contributed by atoms with Crippen LogP contribution in [0.15, 0.2) is 78.9 Å². The molecule has 0 spiro atoms. The van der Waals surface area contributed by atoms with Crippen LogP contribution < -0.4 is 5.32 Å². The molecule has 4 heteroatoms. The van der Waals surface area contributed by atoms with E-state index in [1.165, 1.54) is 11.1 Å². The van der Waals surface area contributed by atoms with Gasteiger partial charge in [0.25, 0.3) is 0 Å². The second-order valence-electron chi connectivity index (χ2n) is 7.31. The first-order chi connectivity index (χ1) is 14.6. The first kappa shape index (κ1) is 20.0. The number of hydrogen-bond donors (Lipinski definition) is 1. The van der Waals surface area contributed by atoms with Crippen molar-refractivity contribution in [1.29, 1.82) is 0 Å². The molecule has 0 saturated heterocycles. The van der Waals surface area contributed by atoms with Gasteiger partial charge in [0.15, 0.2) is 0 Å². The Morgan fingerprint density at radius 3 is 2.43 bits per heavy atom. The van der Waals surface area contributed by atoms with Gasteiger partial charge in [-0.05, 0) is 36.6 Å². The fourth-order valence-corrected chi connectivity index (χ4v) is 4.43. The Bertz CT molecular complexity index is 1150. The highest BCUT2D eigenvalue weighted by atomic mass is 32.1. The summed E-state index contributed by atoms with van der Waals surface area (Å²) in [6.45, 7) is 4.18. The standard InChI is InChI=1S/C26H24N2OS/c1-3-19-8-7-11-22(16-19)27-24(29)17-23-25(20-14-12-18(2)13-15-20)30-26(28-23)21-9-5-4-6-10-21/h4-16H,3,17H2,1-2H3,(H,27,29). The van der Waals surface area contributed by atoms with E-state index in [-0.39, 0.29) is 12.3 Å². The van der Waals surface area contributed by atoms with Crippen molar-refractivity contribution in [3.63, 3.8) is 0 Å². The van der Waals surface area contributed by atoms with E-state index in [1.807, 2.05) is 36.4 Å². The van der Waals surface area contributed by atoms with Crippen LogP contribution in [0.5, 0.6) is 0 Å². The number of amides is 1. The molecule has 0 aliphatic carbocycles. The smallest absolute Gasteiger partial charge is 0.230 e. The van der Waals surface area contributed by atoms with Crippen LogP contribution in [0.2, 0.25) is 0 Å². The molecule has 3 nitrogen and oxygen atoms in total. The molecule has 4 rings (SSSR count). The van der Waals surface area contributed by atoms with Gasteiger partial charge in [-0.15, -0.1) is 11.3 Å². The van der Waals surface area contributed by atoms with E-state index in [4.69, 9.17) is 4.98 Å². The van der Waals surface area contributed by atoms with Gasteiger partial charge in [-0.2, -0.15) is 0 Å². The van der Waals surface area contributed by atoms with Crippen molar-refractivity contribution in [3.05, 3.63) is 95.7 Å². The molecule has 0 aliphatic rings. The molecule has 30 heavy (non-hydrogen) atoms. The first-order valence-electron chi connectivity index (χ1n) is 10.1. The summed E-state index contributed by atoms with van der Waals surface area (Å²) in [4.78, 5) is 18.7. The maximum absolute atomic E-state index is 12.8. The number of benzene rings is 3. The van der Waals surface area contributed by atoms with E-state index in [2.05, 4.69) is 61.6 Å². The zero-order valence-electron chi connectivity index (χ0n) is 17.2. The van der Waals surface area contributed by atoms with Crippen LogP contribution in [0.25, 0.3) is 21.0 Å². The summed E-state index contributed by atoms with van der Waals surface area (Å²) >= 11 is 1.63. The lowest BCUT2D eigenvalue weighted by molar-refractivity contribution is -0.115. The SMILES string of the molecule is CCc1cccc(NC(=O)Cc2nc(-c3ccccc3)sc2-c2ccc(C)cc2)c1. The molecule has 0 unspecified atom stereocenters. The average Bonchev–Trinajstić information content (AvgIpc) is 3.18. The highest BCUT2D eigenvalue weighted by molar-refractivity contribution is 7.18. The number of thiazole rings is 1. The molecule has 0 radical (unpaired) electrons. The van der Waals surface area contributed by atoms with Crippen molar-refractivity contribution in [2.45, 2.75) is 26.7 Å². The van der Waals surface area contributed by atoms with Gasteiger partial charge in [-0.25, -0.2) is 4.98 Å². The number of carbonyl (C=O) groups is 1. The lowest BCUT2D eigenvalue weighted by Crippen LogP contribution is -2.15. The molecular formula is C26H24N2OS. The van der Waals surface area contributed by atoms with E-state index in [1.54, 1.807) is 11.3 Å². The van der Waals surface area contributed by atoms with Crippen molar-refractivity contribution in [2.75, 3.05) is 5.32 Å². The van der Waals surface area contributed by atoms with Crippen molar-refractivity contribution >= 4 is 22.9 Å². The highest BCUT2D eigenvalue weighted by Gasteiger charge is 2.17. The fraction of sp³-hybridized carbons (Fsp3) is 0.154. The maximum atomic E-state index is 12.8. The molecule has 1 N–H and O–H groups in total. The van der Waals surface area contributed by atoms with Crippen molar-refractivity contribution in [2.24, 2.45) is 0 Å². The summed E-state index contributed by atoms with van der Waals surface area (Å²) in [7, 11) is 0. The fourth-order valence-electron chi connectivity index (χ4n) is 3.33. The molecule has 0 fully saturated rings. The quantitative estimate of drug-likeness (QED) is 0.391. The molecule has 1 amide bonds. The monoisotopic (exact) mass is 412 g/mol. The minimum absolute atomic E-state index is 0.0541. The summed E-state index contributed by atoms with van der Waals surface area (Å²) in [5, 5.41) is 3.96. The van der Waals surface area contributed by atoms with E-state index < -0.39 is 0 Å². The number of aryl methyl sites for hydroxylation is 2. The first-order valence-corrected chi connectivity index (χ1v) is 10.9. The number of aromatic nitrogens is 1. The molecule has 1 aromatic heterocycles. The van der Waals surface area contributed by atoms with Gasteiger partial charge in [0.05, 0.1) is 17.0 Å². The predicted molar refractivity (Wildman–Crippen MR) is 126 cm³/mol. The number of rotatable bonds is 6. The van der Waals surface area contributed by atoms with Gasteiger partial charge in [0.2, 0.25) is 5.91 Å². The molecular weight excluding hydrogens is 388 g/mol. The minimum atomic E-state index is -0.0541. The number of nitrogens with zero attached hydrogens (tertiary/aromatic N) is 1. The summed E-state index contributed by atoms with van der Waals surface area (Å²) in [6.07, 6.45) is 1.18. The number of hydrogen-bond acceptors (Lipinski definition) is 3. The Labute approximate surface area is 181 Å². The molecule has 3 aromatic carbocycles. The van der Waals surface area contributed by atoms with Crippen molar-refractivity contribution in [1.82, 2.24) is 4.98 Å². The summed E-state index contributed by atoms with van der Waals surface area (Å²) < 4.78 is 0. The normalized spacial score (nSPS) is 10.7. The van der Waals surface area contributed by atoms with Crippen LogP contribution in [-0.2, 0) is 17.6 Å². The molecule has 4 aromatic rings. The second kappa shape index (κ2) is 9.06. The maximum Gasteiger partial charge on any atom is 0.230 e. The third-order valence-corrected chi connectivity index (χ3v) is 6.17. The lowest BCUT2D eigenvalue weighted by atomic mass is 10.1. The molecule has 0 saturated carbocycles. The topological polar surface area (TPSA) is 42.0 Å². The predicted octanol–water partition coefficient (Wildman–Crippen LogP) is 6.53. The van der Waals surface area contributed by atoms with Gasteiger partial charge in [-0.1, -0.05) is 79.2 Å². The largest absolute Gasteiger partial charge is 0.326 e. The second-order valence-corrected chi connectivity index (χ2v) is 8.30. The van der Waals surface area contributed by atoms with Crippen molar-refractivity contribution < 1.29 is 4.79 Å². The van der Waals surface area contributed by atoms with Crippen LogP contribution in [0.4, 0.5) is 5.69 Å². The average molecular weight is 413 g/mol. The molecule has 0 bridgehead atoms. The van der Waals surface area contributed by atoms with Crippen LogP contribution in [-0.4, -0.2) is 10.9 Å². The van der Waals surface area contributed by atoms with Crippen LogP contribution in [0.1, 0.15) is 23.7 Å². The molecule has 0 atom stereocenters. The van der Waals surface area contributed by atoms with Gasteiger partial charge >= 0.3 is 0 Å². The Hall–Kier alpha value is -3.24. The zero-order valence-corrected chi connectivity index (χ0v) is 18.0. The Morgan fingerprint density at radius 1 is 0.933 bits per heavy atom. The van der Waals surface area contributed by atoms with Crippen LogP contribution in [0.3, 0.4) is 0 Å². The minimum Gasteiger partial charge on any atom is -0.326 e. The van der Waals surface area contributed by atoms with Crippen molar-refractivity contribution in [3.8, 4) is 21.0 Å².